The first-order chi connectivity index (χ1) is 18.2. The van der Waals surface area contributed by atoms with E-state index in [2.05, 4.69) is 30.6 Å². The number of rotatable bonds is 8. The van der Waals surface area contributed by atoms with Gasteiger partial charge in [0.1, 0.15) is 0 Å². The molecular weight excluding hydrogens is 478 g/mol. The fourth-order valence-electron chi connectivity index (χ4n) is 6.41. The van der Waals surface area contributed by atoms with Crippen LogP contribution in [0.15, 0.2) is 36.4 Å². The Morgan fingerprint density at radius 3 is 2.03 bits per heavy atom. The Labute approximate surface area is 226 Å². The van der Waals surface area contributed by atoms with Crippen LogP contribution in [0.25, 0.3) is 10.8 Å². The van der Waals surface area contributed by atoms with E-state index in [1.807, 2.05) is 36.4 Å². The summed E-state index contributed by atoms with van der Waals surface area (Å²) in [4.78, 5) is 32.3. The lowest BCUT2D eigenvalue weighted by Crippen LogP contribution is -2.51. The van der Waals surface area contributed by atoms with Crippen LogP contribution in [0.1, 0.15) is 67.2 Å². The number of carbonyl (C=O) groups excluding carboxylic acids is 2. The average Bonchev–Trinajstić information content (AvgIpc) is 2.91. The maximum atomic E-state index is 13.1. The molecule has 38 heavy (non-hydrogen) atoms. The molecule has 1 saturated carbocycles. The lowest BCUT2D eigenvalue weighted by molar-refractivity contribution is -0.0471. The van der Waals surface area contributed by atoms with Crippen molar-refractivity contribution in [2.75, 3.05) is 52.4 Å². The molecule has 1 saturated heterocycles. The van der Waals surface area contributed by atoms with Gasteiger partial charge in [-0.15, -0.1) is 0 Å². The summed E-state index contributed by atoms with van der Waals surface area (Å²) >= 11 is 0. The molecule has 1 atom stereocenters. The molecule has 0 radical (unpaired) electrons. The van der Waals surface area contributed by atoms with Crippen LogP contribution in [0.4, 0.5) is 0 Å². The molecule has 1 unspecified atom stereocenters. The normalized spacial score (nSPS) is 24.3. The molecule has 2 aliphatic heterocycles. The van der Waals surface area contributed by atoms with Gasteiger partial charge in [-0.2, -0.15) is 0 Å². The van der Waals surface area contributed by atoms with E-state index in [0.29, 0.717) is 42.8 Å². The summed E-state index contributed by atoms with van der Waals surface area (Å²) < 4.78 is 6.08. The largest absolute Gasteiger partial charge is 0.389 e. The Bertz CT molecular complexity index is 1090. The molecule has 7 nitrogen and oxygen atoms in total. The van der Waals surface area contributed by atoms with Gasteiger partial charge in [0.2, 0.25) is 0 Å². The standard InChI is InChI=1S/C31H43N3O4/c1-31(2,3)23-10-12-25(13-11-23)38-21-24(35)20-33-16-14-32(15-17-33)18-19-34-29(36)26-8-4-6-22-7-5-9-27(28(22)26)30(34)37/h4-9,23-25,35H,10-21H2,1-3H3. The number of imide groups is 1. The second-order valence-corrected chi connectivity index (χ2v) is 12.4. The van der Waals surface area contributed by atoms with Gasteiger partial charge in [0.15, 0.2) is 0 Å². The Balaban J connectivity index is 1.03. The maximum Gasteiger partial charge on any atom is 0.261 e. The summed E-state index contributed by atoms with van der Waals surface area (Å²) in [6.45, 7) is 12.5. The Morgan fingerprint density at radius 2 is 1.45 bits per heavy atom. The molecule has 2 fully saturated rings. The highest BCUT2D eigenvalue weighted by molar-refractivity contribution is 6.25. The number of amides is 2. The molecule has 0 aromatic heterocycles. The monoisotopic (exact) mass is 521 g/mol. The number of hydrogen-bond donors (Lipinski definition) is 1. The highest BCUT2D eigenvalue weighted by Gasteiger charge is 2.33. The Morgan fingerprint density at radius 1 is 0.868 bits per heavy atom. The quantitative estimate of drug-likeness (QED) is 0.529. The first kappa shape index (κ1) is 27.3. The molecule has 5 rings (SSSR count). The SMILES string of the molecule is CC(C)(C)C1CCC(OCC(O)CN2CCN(CCN3C(=O)c4cccc5cccc(c45)C3=O)CC2)CC1. The summed E-state index contributed by atoms with van der Waals surface area (Å²) in [5.74, 6) is 0.362. The van der Waals surface area contributed by atoms with Gasteiger partial charge >= 0.3 is 0 Å². The van der Waals surface area contributed by atoms with E-state index in [4.69, 9.17) is 4.74 Å². The fourth-order valence-corrected chi connectivity index (χ4v) is 6.41. The highest BCUT2D eigenvalue weighted by atomic mass is 16.5. The van der Waals surface area contributed by atoms with Crippen LogP contribution in [0.5, 0.6) is 0 Å². The molecule has 2 aromatic carbocycles. The van der Waals surface area contributed by atoms with Gasteiger partial charge < -0.3 is 9.84 Å². The number of aliphatic hydroxyl groups is 1. The van der Waals surface area contributed by atoms with E-state index in [1.54, 1.807) is 0 Å². The third-order valence-electron chi connectivity index (χ3n) is 8.85. The van der Waals surface area contributed by atoms with Crippen molar-refractivity contribution >= 4 is 22.6 Å². The molecule has 3 aliphatic rings. The first-order valence-corrected chi connectivity index (χ1v) is 14.3. The molecule has 2 heterocycles. The number of piperazine rings is 1. The summed E-state index contributed by atoms with van der Waals surface area (Å²) in [7, 11) is 0. The van der Waals surface area contributed by atoms with Crippen molar-refractivity contribution in [3.63, 3.8) is 0 Å². The Kier molecular flexibility index (Phi) is 8.19. The number of hydrogen-bond acceptors (Lipinski definition) is 6. The second kappa shape index (κ2) is 11.4. The summed E-state index contributed by atoms with van der Waals surface area (Å²) in [6.07, 6.45) is 4.41. The Hall–Kier alpha value is -2.32. The lowest BCUT2D eigenvalue weighted by Gasteiger charge is -2.38. The average molecular weight is 522 g/mol. The molecule has 0 bridgehead atoms. The predicted molar refractivity (Wildman–Crippen MR) is 149 cm³/mol. The number of carbonyl (C=O) groups is 2. The number of benzene rings is 2. The van der Waals surface area contributed by atoms with Crippen LogP contribution in [-0.2, 0) is 4.74 Å². The van der Waals surface area contributed by atoms with Gasteiger partial charge in [0.05, 0.1) is 18.8 Å². The molecular formula is C31H43N3O4. The highest BCUT2D eigenvalue weighted by Crippen LogP contribution is 2.38. The van der Waals surface area contributed by atoms with Crippen molar-refractivity contribution in [2.24, 2.45) is 11.3 Å². The molecule has 1 aliphatic carbocycles. The third-order valence-corrected chi connectivity index (χ3v) is 8.85. The van der Waals surface area contributed by atoms with E-state index < -0.39 is 6.10 Å². The van der Waals surface area contributed by atoms with Crippen molar-refractivity contribution in [1.29, 1.82) is 0 Å². The minimum Gasteiger partial charge on any atom is -0.389 e. The van der Waals surface area contributed by atoms with Crippen LogP contribution < -0.4 is 0 Å². The van der Waals surface area contributed by atoms with Crippen molar-refractivity contribution < 1.29 is 19.4 Å². The van der Waals surface area contributed by atoms with E-state index >= 15 is 0 Å². The number of aliphatic hydroxyl groups excluding tert-OH is 1. The van der Waals surface area contributed by atoms with Crippen LogP contribution in [0.3, 0.4) is 0 Å². The molecule has 1 N–H and O–H groups in total. The zero-order valence-corrected chi connectivity index (χ0v) is 23.2. The van der Waals surface area contributed by atoms with Crippen molar-refractivity contribution in [3.8, 4) is 0 Å². The number of ether oxygens (including phenoxy) is 1. The molecule has 206 valence electrons. The lowest BCUT2D eigenvalue weighted by atomic mass is 9.72. The van der Waals surface area contributed by atoms with Gasteiger partial charge in [0.25, 0.3) is 11.8 Å². The van der Waals surface area contributed by atoms with Crippen LogP contribution >= 0.6 is 0 Å². The molecule has 7 heteroatoms. The summed E-state index contributed by atoms with van der Waals surface area (Å²) in [5, 5.41) is 12.3. The topological polar surface area (TPSA) is 73.3 Å². The molecule has 0 spiro atoms. The smallest absolute Gasteiger partial charge is 0.261 e. The zero-order chi connectivity index (χ0) is 26.9. The van der Waals surface area contributed by atoms with Gasteiger partial charge in [-0.25, -0.2) is 0 Å². The number of β-amino-alcohol motifs (C(OH)–C–C–N with tert-alkyl or cyclic N) is 1. The van der Waals surface area contributed by atoms with E-state index in [-0.39, 0.29) is 17.9 Å². The minimum atomic E-state index is -0.478. The van der Waals surface area contributed by atoms with Crippen molar-refractivity contribution in [2.45, 2.75) is 58.7 Å². The third kappa shape index (κ3) is 5.96. The first-order valence-electron chi connectivity index (χ1n) is 14.3. The molecule has 2 amide bonds. The van der Waals surface area contributed by atoms with Gasteiger partial charge in [0, 0.05) is 62.3 Å². The van der Waals surface area contributed by atoms with E-state index in [0.717, 1.165) is 55.7 Å². The fraction of sp³-hybridized carbons (Fsp3) is 0.613. The molecule has 2 aromatic rings. The van der Waals surface area contributed by atoms with Crippen LogP contribution in [0.2, 0.25) is 0 Å². The minimum absolute atomic E-state index is 0.201. The number of nitrogens with zero attached hydrogens (tertiary/aromatic N) is 3. The predicted octanol–water partition coefficient (Wildman–Crippen LogP) is 4.04. The van der Waals surface area contributed by atoms with Gasteiger partial charge in [-0.1, -0.05) is 45.0 Å². The second-order valence-electron chi connectivity index (χ2n) is 12.4. The van der Waals surface area contributed by atoms with Crippen molar-refractivity contribution in [3.05, 3.63) is 47.5 Å². The van der Waals surface area contributed by atoms with E-state index in [9.17, 15) is 14.7 Å². The van der Waals surface area contributed by atoms with E-state index in [1.165, 1.54) is 17.7 Å². The van der Waals surface area contributed by atoms with Crippen molar-refractivity contribution in [1.82, 2.24) is 14.7 Å². The zero-order valence-electron chi connectivity index (χ0n) is 23.2. The van der Waals surface area contributed by atoms with Crippen LogP contribution in [0, 0.1) is 11.3 Å². The van der Waals surface area contributed by atoms with Crippen LogP contribution in [-0.4, -0.2) is 96.2 Å². The summed E-state index contributed by atoms with van der Waals surface area (Å²) in [5.41, 5.74) is 1.59. The summed E-state index contributed by atoms with van der Waals surface area (Å²) in [6, 6.07) is 11.3. The van der Waals surface area contributed by atoms with Gasteiger partial charge in [-0.05, 0) is 54.5 Å². The maximum absolute atomic E-state index is 13.1. The van der Waals surface area contributed by atoms with Gasteiger partial charge in [-0.3, -0.25) is 24.3 Å².